The van der Waals surface area contributed by atoms with Crippen LogP contribution in [-0.2, 0) is 14.3 Å². The summed E-state index contributed by atoms with van der Waals surface area (Å²) in [6, 6.07) is 0. The van der Waals surface area contributed by atoms with Crippen molar-refractivity contribution in [3.63, 3.8) is 0 Å². The van der Waals surface area contributed by atoms with Gasteiger partial charge in [-0.1, -0.05) is 13.0 Å². The van der Waals surface area contributed by atoms with Crippen LogP contribution < -0.4 is 0 Å². The van der Waals surface area contributed by atoms with Gasteiger partial charge >= 0.3 is 5.97 Å². The molecular formula is C9H14O3. The zero-order valence-electron chi connectivity index (χ0n) is 7.50. The second-order valence-electron chi connectivity index (χ2n) is 2.49. The average Bonchev–Trinajstić information content (AvgIpc) is 2.11. The second-order valence-corrected chi connectivity index (χ2v) is 2.49. The summed E-state index contributed by atoms with van der Waals surface area (Å²) in [6.07, 6.45) is 2.80. The van der Waals surface area contributed by atoms with E-state index in [1.807, 2.05) is 6.92 Å². The lowest BCUT2D eigenvalue weighted by Crippen LogP contribution is -2.24. The van der Waals surface area contributed by atoms with E-state index < -0.39 is 11.8 Å². The fourth-order valence-corrected chi connectivity index (χ4v) is 0.928. The van der Waals surface area contributed by atoms with Crippen LogP contribution in [-0.4, -0.2) is 18.9 Å². The summed E-state index contributed by atoms with van der Waals surface area (Å²) in [5.74, 6) is -1.49. The summed E-state index contributed by atoms with van der Waals surface area (Å²) in [7, 11) is 1.21. The average molecular weight is 170 g/mol. The molecule has 0 aliphatic rings. The summed E-state index contributed by atoms with van der Waals surface area (Å²) in [4.78, 5) is 22.0. The molecule has 0 aliphatic carbocycles. The first-order valence-corrected chi connectivity index (χ1v) is 3.90. The molecule has 0 fully saturated rings. The van der Waals surface area contributed by atoms with E-state index in [9.17, 15) is 9.59 Å². The van der Waals surface area contributed by atoms with Crippen LogP contribution >= 0.6 is 0 Å². The van der Waals surface area contributed by atoms with Crippen molar-refractivity contribution in [2.45, 2.75) is 19.8 Å². The topological polar surface area (TPSA) is 43.4 Å². The van der Waals surface area contributed by atoms with Gasteiger partial charge < -0.3 is 4.74 Å². The minimum atomic E-state index is -0.760. The largest absolute Gasteiger partial charge is 0.463 e. The van der Waals surface area contributed by atoms with E-state index in [1.54, 1.807) is 6.08 Å². The summed E-state index contributed by atoms with van der Waals surface area (Å²) in [5, 5.41) is 0. The molecule has 0 saturated heterocycles. The molecule has 0 radical (unpaired) electrons. The molecule has 0 rings (SSSR count). The third-order valence-corrected chi connectivity index (χ3v) is 1.70. The first kappa shape index (κ1) is 10.9. The van der Waals surface area contributed by atoms with Crippen molar-refractivity contribution < 1.29 is 14.3 Å². The number of Topliss-reactive ketones (excluding diaryl/α,β-unsaturated/α-hetero) is 1. The lowest BCUT2D eigenvalue weighted by Gasteiger charge is -2.08. The number of carbonyl (C=O) groups is 2. The molecule has 0 spiro atoms. The van der Waals surface area contributed by atoms with Crippen LogP contribution in [0.25, 0.3) is 0 Å². The molecule has 68 valence electrons. The minimum Gasteiger partial charge on any atom is -0.463 e. The number of ketones is 1. The number of rotatable bonds is 5. The zero-order chi connectivity index (χ0) is 9.56. The van der Waals surface area contributed by atoms with Gasteiger partial charge in [0.15, 0.2) is 0 Å². The van der Waals surface area contributed by atoms with Gasteiger partial charge in [0.05, 0.1) is 7.11 Å². The highest BCUT2D eigenvalue weighted by Crippen LogP contribution is 2.10. The summed E-state index contributed by atoms with van der Waals surface area (Å²) >= 11 is 0. The number of allylic oxidation sites excluding steroid dienone is 1. The van der Waals surface area contributed by atoms with Crippen LogP contribution in [0.4, 0.5) is 0 Å². The van der Waals surface area contributed by atoms with Crippen LogP contribution in [0.2, 0.25) is 0 Å². The van der Waals surface area contributed by atoms with Crippen molar-refractivity contribution in [2.24, 2.45) is 5.92 Å². The number of esters is 1. The maximum atomic E-state index is 11.2. The SMILES string of the molecule is C=CCC(CC)C(=O)C(=O)OC. The van der Waals surface area contributed by atoms with Crippen molar-refractivity contribution >= 4 is 11.8 Å². The van der Waals surface area contributed by atoms with E-state index in [-0.39, 0.29) is 5.92 Å². The van der Waals surface area contributed by atoms with Gasteiger partial charge in [0.1, 0.15) is 0 Å². The predicted octanol–water partition coefficient (Wildman–Crippen LogP) is 1.33. The number of methoxy groups -OCH3 is 1. The molecule has 0 aliphatic heterocycles. The number of hydrogen-bond donors (Lipinski definition) is 0. The molecule has 0 N–H and O–H groups in total. The molecule has 0 bridgehead atoms. The Hall–Kier alpha value is -1.12. The lowest BCUT2D eigenvalue weighted by molar-refractivity contribution is -0.153. The second kappa shape index (κ2) is 5.52. The standard InChI is InChI=1S/C9H14O3/c1-4-6-7(5-2)8(10)9(11)12-3/h4,7H,1,5-6H2,2-3H3. The molecule has 3 heteroatoms. The van der Waals surface area contributed by atoms with E-state index in [1.165, 1.54) is 7.11 Å². The third kappa shape index (κ3) is 2.86. The molecule has 12 heavy (non-hydrogen) atoms. The van der Waals surface area contributed by atoms with Crippen LogP contribution in [0.3, 0.4) is 0 Å². The molecule has 0 aromatic carbocycles. The normalized spacial score (nSPS) is 11.8. The Balaban J connectivity index is 4.20. The molecular weight excluding hydrogens is 156 g/mol. The van der Waals surface area contributed by atoms with Gasteiger partial charge in [-0.3, -0.25) is 4.79 Å². The van der Waals surface area contributed by atoms with Crippen molar-refractivity contribution in [3.05, 3.63) is 12.7 Å². The maximum absolute atomic E-state index is 11.2. The maximum Gasteiger partial charge on any atom is 0.374 e. The van der Waals surface area contributed by atoms with Gasteiger partial charge in [-0.15, -0.1) is 6.58 Å². The molecule has 0 aromatic heterocycles. The van der Waals surface area contributed by atoms with Crippen molar-refractivity contribution in [3.8, 4) is 0 Å². The first-order valence-electron chi connectivity index (χ1n) is 3.90. The Labute approximate surface area is 72.4 Å². The fourth-order valence-electron chi connectivity index (χ4n) is 0.928. The Morgan fingerprint density at radius 3 is 2.50 bits per heavy atom. The van der Waals surface area contributed by atoms with Gasteiger partial charge in [-0.25, -0.2) is 4.79 Å². The summed E-state index contributed by atoms with van der Waals surface area (Å²) in [5.41, 5.74) is 0. The molecule has 1 atom stereocenters. The van der Waals surface area contributed by atoms with Crippen molar-refractivity contribution in [2.75, 3.05) is 7.11 Å². The smallest absolute Gasteiger partial charge is 0.374 e. The van der Waals surface area contributed by atoms with E-state index in [4.69, 9.17) is 0 Å². The fraction of sp³-hybridized carbons (Fsp3) is 0.556. The van der Waals surface area contributed by atoms with E-state index >= 15 is 0 Å². The molecule has 3 nitrogen and oxygen atoms in total. The Morgan fingerprint density at radius 1 is 1.58 bits per heavy atom. The van der Waals surface area contributed by atoms with Gasteiger partial charge in [-0.05, 0) is 12.8 Å². The lowest BCUT2D eigenvalue weighted by atomic mass is 9.97. The molecule has 0 aromatic rings. The third-order valence-electron chi connectivity index (χ3n) is 1.70. The van der Waals surface area contributed by atoms with Crippen molar-refractivity contribution in [1.82, 2.24) is 0 Å². The van der Waals surface area contributed by atoms with Crippen LogP contribution in [0.15, 0.2) is 12.7 Å². The van der Waals surface area contributed by atoms with Gasteiger partial charge in [-0.2, -0.15) is 0 Å². The van der Waals surface area contributed by atoms with Gasteiger partial charge in [0, 0.05) is 5.92 Å². The molecule has 0 saturated carbocycles. The molecule has 0 heterocycles. The van der Waals surface area contributed by atoms with Crippen molar-refractivity contribution in [1.29, 1.82) is 0 Å². The van der Waals surface area contributed by atoms with E-state index in [2.05, 4.69) is 11.3 Å². The molecule has 1 unspecified atom stereocenters. The van der Waals surface area contributed by atoms with Crippen LogP contribution in [0.5, 0.6) is 0 Å². The number of carbonyl (C=O) groups excluding carboxylic acids is 2. The Morgan fingerprint density at radius 2 is 2.17 bits per heavy atom. The number of hydrogen-bond acceptors (Lipinski definition) is 3. The molecule has 0 amide bonds. The van der Waals surface area contributed by atoms with Gasteiger partial charge in [0.2, 0.25) is 5.78 Å². The highest BCUT2D eigenvalue weighted by molar-refractivity contribution is 6.34. The van der Waals surface area contributed by atoms with Crippen LogP contribution in [0.1, 0.15) is 19.8 Å². The zero-order valence-corrected chi connectivity index (χ0v) is 7.50. The van der Waals surface area contributed by atoms with E-state index in [0.717, 1.165) is 0 Å². The quantitative estimate of drug-likeness (QED) is 0.355. The Bertz CT molecular complexity index is 184. The number of ether oxygens (including phenoxy) is 1. The van der Waals surface area contributed by atoms with E-state index in [0.29, 0.717) is 12.8 Å². The Kier molecular flexibility index (Phi) is 5.00. The minimum absolute atomic E-state index is 0.269. The highest BCUT2D eigenvalue weighted by Gasteiger charge is 2.22. The summed E-state index contributed by atoms with van der Waals surface area (Å²) in [6.45, 7) is 5.37. The summed E-state index contributed by atoms with van der Waals surface area (Å²) < 4.78 is 4.32. The highest BCUT2D eigenvalue weighted by atomic mass is 16.5. The first-order chi connectivity index (χ1) is 5.67. The monoisotopic (exact) mass is 170 g/mol. The predicted molar refractivity (Wildman–Crippen MR) is 45.6 cm³/mol. The van der Waals surface area contributed by atoms with Gasteiger partial charge in [0.25, 0.3) is 0 Å². The van der Waals surface area contributed by atoms with Crippen LogP contribution in [0, 0.1) is 5.92 Å².